The van der Waals surface area contributed by atoms with Crippen LogP contribution in [0.3, 0.4) is 0 Å². The fourth-order valence-corrected chi connectivity index (χ4v) is 4.98. The van der Waals surface area contributed by atoms with Gasteiger partial charge in [0.15, 0.2) is 11.5 Å². The van der Waals surface area contributed by atoms with Crippen LogP contribution in [0.2, 0.25) is 0 Å². The SMILES string of the molecule is COc1cccc(C2=NN3C(C2)c2cccc(OC)c2OC32CCOC(C)(C)C2)c1. The van der Waals surface area contributed by atoms with E-state index in [9.17, 15) is 0 Å². The van der Waals surface area contributed by atoms with E-state index in [-0.39, 0.29) is 11.6 Å². The molecule has 3 aliphatic heterocycles. The van der Waals surface area contributed by atoms with E-state index < -0.39 is 5.72 Å². The molecule has 0 bridgehead atoms. The van der Waals surface area contributed by atoms with Crippen molar-refractivity contribution in [2.75, 3.05) is 20.8 Å². The zero-order valence-corrected chi connectivity index (χ0v) is 18.0. The molecule has 3 aliphatic rings. The van der Waals surface area contributed by atoms with Crippen molar-refractivity contribution in [2.45, 2.75) is 50.5 Å². The summed E-state index contributed by atoms with van der Waals surface area (Å²) in [6, 6.07) is 14.3. The summed E-state index contributed by atoms with van der Waals surface area (Å²) in [6.07, 6.45) is 2.28. The maximum atomic E-state index is 6.75. The van der Waals surface area contributed by atoms with Gasteiger partial charge in [0.1, 0.15) is 5.75 Å². The van der Waals surface area contributed by atoms with Crippen LogP contribution in [-0.2, 0) is 4.74 Å². The van der Waals surface area contributed by atoms with Crippen molar-refractivity contribution in [1.82, 2.24) is 5.01 Å². The highest BCUT2D eigenvalue weighted by atomic mass is 16.6. The molecule has 30 heavy (non-hydrogen) atoms. The third kappa shape index (κ3) is 3.01. The number of fused-ring (bicyclic) bond motifs is 4. The largest absolute Gasteiger partial charge is 0.497 e. The minimum Gasteiger partial charge on any atom is -0.497 e. The van der Waals surface area contributed by atoms with Crippen molar-refractivity contribution in [3.63, 3.8) is 0 Å². The third-order valence-electron chi connectivity index (χ3n) is 6.30. The lowest BCUT2D eigenvalue weighted by Crippen LogP contribution is -2.60. The molecule has 5 rings (SSSR count). The summed E-state index contributed by atoms with van der Waals surface area (Å²) in [6.45, 7) is 4.87. The highest BCUT2D eigenvalue weighted by Crippen LogP contribution is 2.54. The molecule has 6 nitrogen and oxygen atoms in total. The topological polar surface area (TPSA) is 52.5 Å². The highest BCUT2D eigenvalue weighted by molar-refractivity contribution is 6.02. The van der Waals surface area contributed by atoms with Crippen LogP contribution >= 0.6 is 0 Å². The number of hydrogen-bond donors (Lipinski definition) is 0. The number of benzene rings is 2. The fourth-order valence-electron chi connectivity index (χ4n) is 4.98. The maximum absolute atomic E-state index is 6.75. The first-order chi connectivity index (χ1) is 14.4. The number of rotatable bonds is 3. The zero-order chi connectivity index (χ0) is 20.9. The summed E-state index contributed by atoms with van der Waals surface area (Å²) in [7, 11) is 3.38. The Morgan fingerprint density at radius 1 is 1.10 bits per heavy atom. The number of methoxy groups -OCH3 is 2. The Kier molecular flexibility index (Phi) is 4.43. The summed E-state index contributed by atoms with van der Waals surface area (Å²) >= 11 is 0. The molecule has 1 spiro atoms. The van der Waals surface area contributed by atoms with Crippen LogP contribution in [0.4, 0.5) is 0 Å². The second-order valence-corrected chi connectivity index (χ2v) is 8.80. The molecule has 2 aromatic rings. The summed E-state index contributed by atoms with van der Waals surface area (Å²) < 4.78 is 23.9. The molecule has 2 atom stereocenters. The Morgan fingerprint density at radius 2 is 1.93 bits per heavy atom. The first-order valence-electron chi connectivity index (χ1n) is 10.5. The molecule has 2 aromatic carbocycles. The normalized spacial score (nSPS) is 26.5. The molecule has 1 saturated heterocycles. The van der Waals surface area contributed by atoms with E-state index in [2.05, 4.69) is 31.0 Å². The van der Waals surface area contributed by atoms with Gasteiger partial charge in [0.25, 0.3) is 0 Å². The Labute approximate surface area is 177 Å². The highest BCUT2D eigenvalue weighted by Gasteiger charge is 2.55. The lowest BCUT2D eigenvalue weighted by atomic mass is 9.86. The van der Waals surface area contributed by atoms with Crippen LogP contribution in [0, 0.1) is 0 Å². The fraction of sp³-hybridized carbons (Fsp3) is 0.458. The van der Waals surface area contributed by atoms with Gasteiger partial charge < -0.3 is 18.9 Å². The van der Waals surface area contributed by atoms with E-state index in [1.165, 1.54) is 0 Å². The molecule has 6 heteroatoms. The number of ether oxygens (including phenoxy) is 4. The molecular formula is C24H28N2O4. The van der Waals surface area contributed by atoms with E-state index in [0.29, 0.717) is 6.61 Å². The van der Waals surface area contributed by atoms with Gasteiger partial charge in [-0.2, -0.15) is 5.10 Å². The van der Waals surface area contributed by atoms with Gasteiger partial charge >= 0.3 is 0 Å². The van der Waals surface area contributed by atoms with Gasteiger partial charge in [0.2, 0.25) is 5.72 Å². The molecule has 0 N–H and O–H groups in total. The van der Waals surface area contributed by atoms with Crippen LogP contribution in [0.15, 0.2) is 47.6 Å². The first kappa shape index (κ1) is 19.2. The average molecular weight is 408 g/mol. The van der Waals surface area contributed by atoms with Gasteiger partial charge in [-0.15, -0.1) is 0 Å². The van der Waals surface area contributed by atoms with Crippen LogP contribution in [0.5, 0.6) is 17.2 Å². The van der Waals surface area contributed by atoms with Crippen LogP contribution in [0.25, 0.3) is 0 Å². The predicted octanol–water partition coefficient (Wildman–Crippen LogP) is 4.53. The molecule has 0 saturated carbocycles. The minimum absolute atomic E-state index is 0.0963. The number of para-hydroxylation sites is 1. The molecule has 2 unspecified atom stereocenters. The Balaban J connectivity index is 1.62. The smallest absolute Gasteiger partial charge is 0.203 e. The van der Waals surface area contributed by atoms with Gasteiger partial charge in [-0.25, -0.2) is 5.01 Å². The molecule has 158 valence electrons. The maximum Gasteiger partial charge on any atom is 0.203 e. The second-order valence-electron chi connectivity index (χ2n) is 8.80. The molecular weight excluding hydrogens is 380 g/mol. The Morgan fingerprint density at radius 3 is 2.70 bits per heavy atom. The van der Waals surface area contributed by atoms with Crippen molar-refractivity contribution in [1.29, 1.82) is 0 Å². The molecule has 0 radical (unpaired) electrons. The Bertz CT molecular complexity index is 1000. The third-order valence-corrected chi connectivity index (χ3v) is 6.30. The standard InChI is InChI=1S/C24H28N2O4/c1-23(2)15-24(11-12-29-23)26-20(18-9-6-10-21(28-4)22(18)30-24)14-19(25-26)16-7-5-8-17(13-16)27-3/h5-10,13,20H,11-12,14-15H2,1-4H3. The monoisotopic (exact) mass is 408 g/mol. The molecule has 0 aliphatic carbocycles. The van der Waals surface area contributed by atoms with Crippen molar-refractivity contribution in [2.24, 2.45) is 5.10 Å². The van der Waals surface area contributed by atoms with Crippen LogP contribution in [-0.4, -0.2) is 42.9 Å². The van der Waals surface area contributed by atoms with E-state index in [4.69, 9.17) is 24.0 Å². The molecule has 3 heterocycles. The van der Waals surface area contributed by atoms with E-state index in [1.54, 1.807) is 14.2 Å². The zero-order valence-electron chi connectivity index (χ0n) is 18.0. The lowest BCUT2D eigenvalue weighted by molar-refractivity contribution is -0.212. The summed E-state index contributed by atoms with van der Waals surface area (Å²) in [5, 5.41) is 7.31. The number of nitrogens with zero attached hydrogens (tertiary/aromatic N) is 2. The van der Waals surface area contributed by atoms with E-state index in [0.717, 1.165) is 53.3 Å². The van der Waals surface area contributed by atoms with Gasteiger partial charge in [-0.3, -0.25) is 0 Å². The van der Waals surface area contributed by atoms with Gasteiger partial charge in [-0.05, 0) is 32.0 Å². The number of hydrogen-bond acceptors (Lipinski definition) is 6. The summed E-state index contributed by atoms with van der Waals surface area (Å²) in [4.78, 5) is 0. The predicted molar refractivity (Wildman–Crippen MR) is 114 cm³/mol. The minimum atomic E-state index is -0.561. The Hall–Kier alpha value is -2.73. The average Bonchev–Trinajstić information content (AvgIpc) is 3.20. The molecule has 1 fully saturated rings. The van der Waals surface area contributed by atoms with E-state index >= 15 is 0 Å². The van der Waals surface area contributed by atoms with Gasteiger partial charge in [0.05, 0.1) is 38.2 Å². The van der Waals surface area contributed by atoms with E-state index in [1.807, 2.05) is 30.3 Å². The second kappa shape index (κ2) is 6.91. The van der Waals surface area contributed by atoms with Gasteiger partial charge in [-0.1, -0.05) is 24.3 Å². The van der Waals surface area contributed by atoms with Crippen molar-refractivity contribution >= 4 is 5.71 Å². The summed E-state index contributed by atoms with van der Waals surface area (Å²) in [5.74, 6) is 2.44. The van der Waals surface area contributed by atoms with Crippen molar-refractivity contribution in [3.8, 4) is 17.2 Å². The lowest BCUT2D eigenvalue weighted by Gasteiger charge is -2.52. The quantitative estimate of drug-likeness (QED) is 0.747. The van der Waals surface area contributed by atoms with Crippen LogP contribution in [0.1, 0.15) is 50.3 Å². The van der Waals surface area contributed by atoms with Gasteiger partial charge in [0, 0.05) is 30.4 Å². The molecule has 0 amide bonds. The van der Waals surface area contributed by atoms with Crippen molar-refractivity contribution < 1.29 is 18.9 Å². The molecule has 0 aromatic heterocycles. The van der Waals surface area contributed by atoms with Crippen LogP contribution < -0.4 is 14.2 Å². The van der Waals surface area contributed by atoms with Crippen molar-refractivity contribution in [3.05, 3.63) is 53.6 Å². The first-order valence-corrected chi connectivity index (χ1v) is 10.5. The summed E-state index contributed by atoms with van der Waals surface area (Å²) in [5.41, 5.74) is 2.38. The number of hydrazone groups is 1.